The molecular formula is C16H23N7O. The molecule has 3 heterocycles. The standard InChI is InChI=1S/C16H23N7O/c1-11(16(24)20-12-3-4-12)22-5-7-23(8-6-22)15-13-14(17-9-18-15)21(2)10-19-13/h9-12H,3-8H2,1-2H3,(H,20,24). The van der Waals surface area contributed by atoms with Gasteiger partial charge in [0.1, 0.15) is 6.33 Å². The van der Waals surface area contributed by atoms with Gasteiger partial charge >= 0.3 is 0 Å². The van der Waals surface area contributed by atoms with E-state index in [1.807, 2.05) is 18.5 Å². The molecule has 2 aliphatic rings. The van der Waals surface area contributed by atoms with Crippen LogP contribution in [-0.4, -0.2) is 68.6 Å². The summed E-state index contributed by atoms with van der Waals surface area (Å²) < 4.78 is 1.90. The number of hydrogen-bond acceptors (Lipinski definition) is 6. The van der Waals surface area contributed by atoms with Crippen LogP contribution in [-0.2, 0) is 11.8 Å². The van der Waals surface area contributed by atoms with Crippen molar-refractivity contribution in [2.45, 2.75) is 31.8 Å². The summed E-state index contributed by atoms with van der Waals surface area (Å²) in [6.45, 7) is 5.36. The predicted octanol–water partition coefficient (Wildman–Crippen LogP) is 0.152. The first-order valence-electron chi connectivity index (χ1n) is 8.55. The number of aryl methyl sites for hydroxylation is 1. The number of carbonyl (C=O) groups is 1. The maximum Gasteiger partial charge on any atom is 0.237 e. The summed E-state index contributed by atoms with van der Waals surface area (Å²) in [5, 5.41) is 3.09. The number of fused-ring (bicyclic) bond motifs is 1. The molecule has 4 rings (SSSR count). The molecule has 1 aliphatic carbocycles. The largest absolute Gasteiger partial charge is 0.352 e. The van der Waals surface area contributed by atoms with E-state index in [9.17, 15) is 4.79 Å². The minimum absolute atomic E-state index is 0.0759. The van der Waals surface area contributed by atoms with Crippen molar-refractivity contribution in [3.8, 4) is 0 Å². The molecule has 0 spiro atoms. The van der Waals surface area contributed by atoms with Crippen LogP contribution in [0.3, 0.4) is 0 Å². The van der Waals surface area contributed by atoms with E-state index in [4.69, 9.17) is 0 Å². The highest BCUT2D eigenvalue weighted by molar-refractivity contribution is 5.83. The molecular weight excluding hydrogens is 306 g/mol. The highest BCUT2D eigenvalue weighted by Gasteiger charge is 2.30. The zero-order chi connectivity index (χ0) is 16.7. The van der Waals surface area contributed by atoms with E-state index in [1.54, 1.807) is 12.7 Å². The fourth-order valence-electron chi connectivity index (χ4n) is 3.20. The molecule has 8 nitrogen and oxygen atoms in total. The summed E-state index contributed by atoms with van der Waals surface area (Å²) in [4.78, 5) is 29.9. The monoisotopic (exact) mass is 329 g/mol. The molecule has 2 fully saturated rings. The Morgan fingerprint density at radius 3 is 2.67 bits per heavy atom. The topological polar surface area (TPSA) is 79.2 Å². The number of nitrogens with zero attached hydrogens (tertiary/aromatic N) is 6. The molecule has 1 unspecified atom stereocenters. The van der Waals surface area contributed by atoms with Crippen LogP contribution in [0.5, 0.6) is 0 Å². The van der Waals surface area contributed by atoms with Gasteiger partial charge < -0.3 is 14.8 Å². The van der Waals surface area contributed by atoms with E-state index in [2.05, 4.69) is 30.1 Å². The Bertz CT molecular complexity index is 746. The van der Waals surface area contributed by atoms with E-state index >= 15 is 0 Å². The van der Waals surface area contributed by atoms with Gasteiger partial charge in [0.05, 0.1) is 12.4 Å². The normalized spacial score (nSPS) is 20.3. The number of nitrogens with one attached hydrogen (secondary N) is 1. The second kappa shape index (κ2) is 6.01. The highest BCUT2D eigenvalue weighted by Crippen LogP contribution is 2.23. The van der Waals surface area contributed by atoms with E-state index in [1.165, 1.54) is 0 Å². The Morgan fingerprint density at radius 2 is 1.96 bits per heavy atom. The zero-order valence-electron chi connectivity index (χ0n) is 14.1. The molecule has 0 aromatic carbocycles. The first-order valence-corrected chi connectivity index (χ1v) is 8.55. The van der Waals surface area contributed by atoms with Crippen LogP contribution in [0.4, 0.5) is 5.82 Å². The molecule has 2 aromatic rings. The lowest BCUT2D eigenvalue weighted by atomic mass is 10.2. The molecule has 128 valence electrons. The molecule has 1 N–H and O–H groups in total. The number of anilines is 1. The molecule has 1 atom stereocenters. The third-order valence-corrected chi connectivity index (χ3v) is 4.94. The summed E-state index contributed by atoms with van der Waals surface area (Å²) in [5.41, 5.74) is 1.69. The number of hydrogen-bond donors (Lipinski definition) is 1. The summed E-state index contributed by atoms with van der Waals surface area (Å²) in [6, 6.07) is 0.340. The van der Waals surface area contributed by atoms with Gasteiger partial charge in [-0.2, -0.15) is 0 Å². The van der Waals surface area contributed by atoms with Crippen LogP contribution in [0.25, 0.3) is 11.2 Å². The van der Waals surface area contributed by atoms with Crippen molar-refractivity contribution < 1.29 is 4.79 Å². The van der Waals surface area contributed by atoms with Gasteiger partial charge in [-0.1, -0.05) is 0 Å². The van der Waals surface area contributed by atoms with E-state index in [-0.39, 0.29) is 11.9 Å². The molecule has 1 aliphatic heterocycles. The SMILES string of the molecule is CC(C(=O)NC1CC1)N1CCN(c2ncnc3c2ncn3C)CC1. The molecule has 0 bridgehead atoms. The number of rotatable bonds is 4. The molecule has 0 radical (unpaired) electrons. The Kier molecular flexibility index (Phi) is 3.84. The zero-order valence-corrected chi connectivity index (χ0v) is 14.1. The average molecular weight is 329 g/mol. The lowest BCUT2D eigenvalue weighted by Gasteiger charge is -2.37. The quantitative estimate of drug-likeness (QED) is 0.860. The second-order valence-corrected chi connectivity index (χ2v) is 6.71. The smallest absolute Gasteiger partial charge is 0.237 e. The number of piperazine rings is 1. The predicted molar refractivity (Wildman–Crippen MR) is 90.7 cm³/mol. The fraction of sp³-hybridized carbons (Fsp3) is 0.625. The molecule has 2 aromatic heterocycles. The molecule has 24 heavy (non-hydrogen) atoms. The van der Waals surface area contributed by atoms with E-state index in [0.717, 1.165) is 56.0 Å². The number of amides is 1. The lowest BCUT2D eigenvalue weighted by Crippen LogP contribution is -2.54. The third-order valence-electron chi connectivity index (χ3n) is 4.94. The van der Waals surface area contributed by atoms with Gasteiger partial charge in [0, 0.05) is 39.3 Å². The van der Waals surface area contributed by atoms with Crippen LogP contribution < -0.4 is 10.2 Å². The summed E-state index contributed by atoms with van der Waals surface area (Å²) in [7, 11) is 1.93. The van der Waals surface area contributed by atoms with Crippen molar-refractivity contribution >= 4 is 22.9 Å². The average Bonchev–Trinajstić information content (AvgIpc) is 3.35. The number of aromatic nitrogens is 4. The van der Waals surface area contributed by atoms with Crippen LogP contribution in [0.1, 0.15) is 19.8 Å². The lowest BCUT2D eigenvalue weighted by molar-refractivity contribution is -0.126. The molecule has 1 saturated carbocycles. The summed E-state index contributed by atoms with van der Waals surface area (Å²) >= 11 is 0. The highest BCUT2D eigenvalue weighted by atomic mass is 16.2. The molecule has 1 saturated heterocycles. The van der Waals surface area contributed by atoms with Crippen LogP contribution in [0.2, 0.25) is 0 Å². The summed E-state index contributed by atoms with van der Waals surface area (Å²) in [5.74, 6) is 1.04. The van der Waals surface area contributed by atoms with Gasteiger partial charge in [-0.15, -0.1) is 0 Å². The first kappa shape index (κ1) is 15.3. The van der Waals surface area contributed by atoms with Crippen molar-refractivity contribution in [1.82, 2.24) is 29.7 Å². The Balaban J connectivity index is 1.42. The van der Waals surface area contributed by atoms with Crippen molar-refractivity contribution in [3.05, 3.63) is 12.7 Å². The fourth-order valence-corrected chi connectivity index (χ4v) is 3.20. The van der Waals surface area contributed by atoms with E-state index in [0.29, 0.717) is 6.04 Å². The van der Waals surface area contributed by atoms with Crippen LogP contribution in [0.15, 0.2) is 12.7 Å². The van der Waals surface area contributed by atoms with Crippen molar-refractivity contribution in [1.29, 1.82) is 0 Å². The maximum absolute atomic E-state index is 12.2. The number of carbonyl (C=O) groups excluding carboxylic acids is 1. The van der Waals surface area contributed by atoms with E-state index < -0.39 is 0 Å². The van der Waals surface area contributed by atoms with Gasteiger partial charge in [0.15, 0.2) is 17.0 Å². The second-order valence-electron chi connectivity index (χ2n) is 6.71. The van der Waals surface area contributed by atoms with Crippen LogP contribution in [0, 0.1) is 0 Å². The van der Waals surface area contributed by atoms with Crippen LogP contribution >= 0.6 is 0 Å². The first-order chi connectivity index (χ1) is 11.6. The third kappa shape index (κ3) is 2.82. The minimum Gasteiger partial charge on any atom is -0.352 e. The van der Waals surface area contributed by atoms with Gasteiger partial charge in [0.25, 0.3) is 0 Å². The molecule has 1 amide bonds. The minimum atomic E-state index is -0.0759. The van der Waals surface area contributed by atoms with Gasteiger partial charge in [-0.05, 0) is 19.8 Å². The molecule has 8 heteroatoms. The Labute approximate surface area is 140 Å². The number of imidazole rings is 1. The van der Waals surface area contributed by atoms with Crippen molar-refractivity contribution in [2.75, 3.05) is 31.1 Å². The maximum atomic E-state index is 12.2. The van der Waals surface area contributed by atoms with Crippen molar-refractivity contribution in [2.24, 2.45) is 7.05 Å². The van der Waals surface area contributed by atoms with Gasteiger partial charge in [0.2, 0.25) is 5.91 Å². The summed E-state index contributed by atoms with van der Waals surface area (Å²) in [6.07, 6.45) is 5.61. The Hall–Kier alpha value is -2.22. The van der Waals surface area contributed by atoms with Crippen molar-refractivity contribution in [3.63, 3.8) is 0 Å². The van der Waals surface area contributed by atoms with Gasteiger partial charge in [-0.25, -0.2) is 15.0 Å². The van der Waals surface area contributed by atoms with Gasteiger partial charge in [-0.3, -0.25) is 9.69 Å². The Morgan fingerprint density at radius 1 is 1.21 bits per heavy atom.